The molecule has 1 unspecified atom stereocenters. The predicted octanol–water partition coefficient (Wildman–Crippen LogP) is 3.41. The number of carboxylic acid groups (broad SMARTS) is 1. The number of nitrogens with one attached hydrogen (secondary N) is 1. The molecule has 2 heterocycles. The zero-order chi connectivity index (χ0) is 16.4. The minimum Gasteiger partial charge on any atom is -0.477 e. The van der Waals surface area contributed by atoms with E-state index >= 15 is 0 Å². The molecule has 2 N–H and O–H groups in total. The molecule has 0 radical (unpaired) electrons. The van der Waals surface area contributed by atoms with E-state index in [0.29, 0.717) is 4.88 Å². The normalized spacial score (nSPS) is 18.4. The van der Waals surface area contributed by atoms with E-state index in [-0.39, 0.29) is 11.9 Å². The number of aromatic carboxylic acids is 1. The van der Waals surface area contributed by atoms with E-state index in [1.54, 1.807) is 6.07 Å². The Morgan fingerprint density at radius 1 is 1.39 bits per heavy atom. The molecule has 1 aliphatic heterocycles. The highest BCUT2D eigenvalue weighted by Gasteiger charge is 2.29. The number of thiophene rings is 1. The minimum absolute atomic E-state index is 0.0315. The Hall–Kier alpha value is -1.92. The van der Waals surface area contributed by atoms with E-state index in [1.165, 1.54) is 11.3 Å². The van der Waals surface area contributed by atoms with Crippen LogP contribution in [0.25, 0.3) is 10.1 Å². The SMILES string of the molecule is CCCN1CCCC1C(=O)Nc1ccc2sc(C(=O)O)cc2c1. The molecule has 1 aromatic carbocycles. The lowest BCUT2D eigenvalue weighted by Crippen LogP contribution is -2.39. The van der Waals surface area contributed by atoms with Crippen molar-refractivity contribution >= 4 is 39.0 Å². The first kappa shape index (κ1) is 16.0. The van der Waals surface area contributed by atoms with E-state index in [2.05, 4.69) is 17.1 Å². The average molecular weight is 332 g/mol. The van der Waals surface area contributed by atoms with Crippen LogP contribution >= 0.6 is 11.3 Å². The lowest BCUT2D eigenvalue weighted by Gasteiger charge is -2.22. The van der Waals surface area contributed by atoms with Gasteiger partial charge in [0, 0.05) is 10.4 Å². The summed E-state index contributed by atoms with van der Waals surface area (Å²) >= 11 is 1.24. The van der Waals surface area contributed by atoms with Crippen LogP contribution in [0.4, 0.5) is 5.69 Å². The summed E-state index contributed by atoms with van der Waals surface area (Å²) in [6.45, 7) is 4.05. The van der Waals surface area contributed by atoms with Crippen molar-refractivity contribution in [2.45, 2.75) is 32.2 Å². The van der Waals surface area contributed by atoms with Gasteiger partial charge in [-0.1, -0.05) is 6.92 Å². The molecule has 0 bridgehead atoms. The Morgan fingerprint density at radius 3 is 2.96 bits per heavy atom. The van der Waals surface area contributed by atoms with Crippen LogP contribution in [0, 0.1) is 0 Å². The van der Waals surface area contributed by atoms with E-state index < -0.39 is 5.97 Å². The Balaban J connectivity index is 1.75. The first-order valence-corrected chi connectivity index (χ1v) is 8.72. The summed E-state index contributed by atoms with van der Waals surface area (Å²) < 4.78 is 0.911. The summed E-state index contributed by atoms with van der Waals surface area (Å²) in [5.41, 5.74) is 0.723. The molecular weight excluding hydrogens is 312 g/mol. The highest BCUT2D eigenvalue weighted by Crippen LogP contribution is 2.28. The molecule has 0 aliphatic carbocycles. The van der Waals surface area contributed by atoms with Gasteiger partial charge in [-0.3, -0.25) is 9.69 Å². The van der Waals surface area contributed by atoms with E-state index in [9.17, 15) is 9.59 Å². The van der Waals surface area contributed by atoms with Crippen molar-refractivity contribution in [1.82, 2.24) is 4.90 Å². The first-order chi connectivity index (χ1) is 11.1. The van der Waals surface area contributed by atoms with E-state index in [0.717, 1.165) is 48.1 Å². The van der Waals surface area contributed by atoms with Crippen LogP contribution in [0.5, 0.6) is 0 Å². The molecule has 122 valence electrons. The fourth-order valence-corrected chi connectivity index (χ4v) is 4.01. The fraction of sp³-hybridized carbons (Fsp3) is 0.412. The molecule has 0 saturated carbocycles. The number of anilines is 1. The molecule has 1 aliphatic rings. The second-order valence-electron chi connectivity index (χ2n) is 5.85. The maximum atomic E-state index is 12.5. The van der Waals surface area contributed by atoms with Gasteiger partial charge >= 0.3 is 5.97 Å². The molecule has 0 spiro atoms. The lowest BCUT2D eigenvalue weighted by molar-refractivity contribution is -0.120. The lowest BCUT2D eigenvalue weighted by atomic mass is 10.2. The van der Waals surface area contributed by atoms with Crippen LogP contribution in [0.15, 0.2) is 24.3 Å². The fourth-order valence-electron chi connectivity index (χ4n) is 3.13. The summed E-state index contributed by atoms with van der Waals surface area (Å²) in [6.07, 6.45) is 3.00. The number of carbonyl (C=O) groups excluding carboxylic acids is 1. The molecule has 3 rings (SSSR count). The van der Waals surface area contributed by atoms with Crippen LogP contribution in [-0.2, 0) is 4.79 Å². The molecule has 23 heavy (non-hydrogen) atoms. The Bertz CT molecular complexity index is 741. The van der Waals surface area contributed by atoms with Crippen molar-refractivity contribution in [2.75, 3.05) is 18.4 Å². The summed E-state index contributed by atoms with van der Waals surface area (Å²) in [6, 6.07) is 7.14. The third-order valence-electron chi connectivity index (χ3n) is 4.17. The van der Waals surface area contributed by atoms with Crippen LogP contribution in [0.3, 0.4) is 0 Å². The highest BCUT2D eigenvalue weighted by molar-refractivity contribution is 7.20. The van der Waals surface area contributed by atoms with E-state index in [1.807, 2.05) is 18.2 Å². The molecule has 6 heteroatoms. The van der Waals surface area contributed by atoms with Crippen molar-refractivity contribution in [3.63, 3.8) is 0 Å². The summed E-state index contributed by atoms with van der Waals surface area (Å²) in [4.78, 5) is 26.1. The van der Waals surface area contributed by atoms with Gasteiger partial charge in [-0.15, -0.1) is 11.3 Å². The summed E-state index contributed by atoms with van der Waals surface area (Å²) in [5.74, 6) is -0.887. The van der Waals surface area contributed by atoms with Crippen molar-refractivity contribution in [2.24, 2.45) is 0 Å². The Labute approximate surface area is 138 Å². The van der Waals surface area contributed by atoms with Gasteiger partial charge in [-0.2, -0.15) is 0 Å². The number of carboxylic acids is 1. The predicted molar refractivity (Wildman–Crippen MR) is 92.3 cm³/mol. The summed E-state index contributed by atoms with van der Waals surface area (Å²) in [7, 11) is 0. The maximum Gasteiger partial charge on any atom is 0.345 e. The van der Waals surface area contributed by atoms with Gasteiger partial charge in [0.2, 0.25) is 5.91 Å². The molecule has 2 aromatic rings. The van der Waals surface area contributed by atoms with Crippen LogP contribution in [-0.4, -0.2) is 41.0 Å². The van der Waals surface area contributed by atoms with Crippen LogP contribution < -0.4 is 5.32 Å². The first-order valence-electron chi connectivity index (χ1n) is 7.90. The van der Waals surface area contributed by atoms with Crippen molar-refractivity contribution in [3.05, 3.63) is 29.1 Å². The number of fused-ring (bicyclic) bond motifs is 1. The van der Waals surface area contributed by atoms with Gasteiger partial charge in [0.15, 0.2) is 0 Å². The average Bonchev–Trinajstić information content (AvgIpc) is 3.13. The number of hydrogen-bond donors (Lipinski definition) is 2. The topological polar surface area (TPSA) is 69.6 Å². The molecule has 5 nitrogen and oxygen atoms in total. The molecular formula is C17H20N2O3S. The van der Waals surface area contributed by atoms with Gasteiger partial charge in [-0.25, -0.2) is 4.79 Å². The standard InChI is InChI=1S/C17H20N2O3S/c1-2-7-19-8-3-4-13(19)16(20)18-12-5-6-14-11(9-12)10-15(23-14)17(21)22/h5-6,9-10,13H,2-4,7-8H2,1H3,(H,18,20)(H,21,22). The van der Waals surface area contributed by atoms with Crippen LogP contribution in [0.1, 0.15) is 35.9 Å². The van der Waals surface area contributed by atoms with Crippen molar-refractivity contribution in [1.29, 1.82) is 0 Å². The van der Waals surface area contributed by atoms with Crippen molar-refractivity contribution < 1.29 is 14.7 Å². The quantitative estimate of drug-likeness (QED) is 0.880. The van der Waals surface area contributed by atoms with Gasteiger partial charge in [0.05, 0.1) is 6.04 Å². The zero-order valence-corrected chi connectivity index (χ0v) is 13.9. The number of benzene rings is 1. The second-order valence-corrected chi connectivity index (χ2v) is 6.94. The number of carbonyl (C=O) groups is 2. The number of rotatable bonds is 5. The third kappa shape index (κ3) is 3.38. The summed E-state index contributed by atoms with van der Waals surface area (Å²) in [5, 5.41) is 12.9. The number of nitrogens with zero attached hydrogens (tertiary/aromatic N) is 1. The zero-order valence-electron chi connectivity index (χ0n) is 13.0. The number of likely N-dealkylation sites (tertiary alicyclic amines) is 1. The van der Waals surface area contributed by atoms with Gasteiger partial charge in [-0.05, 0) is 62.0 Å². The van der Waals surface area contributed by atoms with Crippen molar-refractivity contribution in [3.8, 4) is 0 Å². The maximum absolute atomic E-state index is 12.5. The monoisotopic (exact) mass is 332 g/mol. The molecule has 1 saturated heterocycles. The minimum atomic E-state index is -0.919. The van der Waals surface area contributed by atoms with Gasteiger partial charge < -0.3 is 10.4 Å². The van der Waals surface area contributed by atoms with E-state index in [4.69, 9.17) is 5.11 Å². The molecule has 1 atom stereocenters. The Kier molecular flexibility index (Phi) is 4.63. The smallest absolute Gasteiger partial charge is 0.345 e. The molecule has 1 amide bonds. The second kappa shape index (κ2) is 6.68. The molecule has 1 aromatic heterocycles. The number of hydrogen-bond acceptors (Lipinski definition) is 4. The largest absolute Gasteiger partial charge is 0.477 e. The highest BCUT2D eigenvalue weighted by atomic mass is 32.1. The Morgan fingerprint density at radius 2 is 2.22 bits per heavy atom. The van der Waals surface area contributed by atoms with Crippen LogP contribution in [0.2, 0.25) is 0 Å². The van der Waals surface area contributed by atoms with Gasteiger partial charge in [0.25, 0.3) is 0 Å². The van der Waals surface area contributed by atoms with Gasteiger partial charge in [0.1, 0.15) is 4.88 Å². The molecule has 1 fully saturated rings. The number of amides is 1. The third-order valence-corrected chi connectivity index (χ3v) is 5.28.